The van der Waals surface area contributed by atoms with Crippen molar-refractivity contribution in [3.63, 3.8) is 0 Å². The van der Waals surface area contributed by atoms with Gasteiger partial charge in [0.1, 0.15) is 0 Å². The predicted molar refractivity (Wildman–Crippen MR) is 36.6 cm³/mol. The van der Waals surface area contributed by atoms with Gasteiger partial charge in [0.25, 0.3) is 0 Å². The molecular formula is C8H10O2. The van der Waals surface area contributed by atoms with Crippen LogP contribution in [0.25, 0.3) is 0 Å². The van der Waals surface area contributed by atoms with Crippen molar-refractivity contribution >= 4 is 5.78 Å². The summed E-state index contributed by atoms with van der Waals surface area (Å²) in [7, 11) is 0. The fourth-order valence-corrected chi connectivity index (χ4v) is 1.63. The molecule has 1 fully saturated rings. The van der Waals surface area contributed by atoms with Crippen molar-refractivity contribution in [2.45, 2.75) is 25.7 Å². The van der Waals surface area contributed by atoms with Gasteiger partial charge in [0, 0.05) is 18.9 Å². The van der Waals surface area contributed by atoms with Gasteiger partial charge in [-0.25, -0.2) is 0 Å². The van der Waals surface area contributed by atoms with Gasteiger partial charge in [-0.15, -0.1) is 0 Å². The Bertz CT molecular complexity index is 211. The lowest BCUT2D eigenvalue weighted by Crippen LogP contribution is -2.14. The van der Waals surface area contributed by atoms with E-state index in [0.29, 0.717) is 6.42 Å². The van der Waals surface area contributed by atoms with Crippen LogP contribution in [0.4, 0.5) is 0 Å². The number of rotatable bonds is 0. The van der Waals surface area contributed by atoms with Crippen LogP contribution < -0.4 is 0 Å². The molecule has 0 aliphatic heterocycles. The lowest BCUT2D eigenvalue weighted by Gasteiger charge is -2.16. The van der Waals surface area contributed by atoms with Crippen molar-refractivity contribution < 1.29 is 9.90 Å². The molecule has 0 unspecified atom stereocenters. The van der Waals surface area contributed by atoms with E-state index in [9.17, 15) is 4.79 Å². The average molecular weight is 138 g/mol. The smallest absolute Gasteiger partial charge is 0.159 e. The van der Waals surface area contributed by atoms with Gasteiger partial charge in [0.05, 0.1) is 5.76 Å². The molecule has 1 spiro atoms. The lowest BCUT2D eigenvalue weighted by atomic mass is 9.89. The van der Waals surface area contributed by atoms with Crippen LogP contribution >= 0.6 is 0 Å². The topological polar surface area (TPSA) is 37.3 Å². The first-order chi connectivity index (χ1) is 4.70. The van der Waals surface area contributed by atoms with Crippen LogP contribution in [0.5, 0.6) is 0 Å². The fourth-order valence-electron chi connectivity index (χ4n) is 1.63. The summed E-state index contributed by atoms with van der Waals surface area (Å²) in [6.45, 7) is 0. The number of aliphatic hydroxyl groups excluding tert-OH is 1. The molecule has 0 atom stereocenters. The summed E-state index contributed by atoms with van der Waals surface area (Å²) >= 11 is 0. The van der Waals surface area contributed by atoms with E-state index in [-0.39, 0.29) is 17.0 Å². The summed E-state index contributed by atoms with van der Waals surface area (Å²) in [4.78, 5) is 10.9. The monoisotopic (exact) mass is 138 g/mol. The zero-order valence-electron chi connectivity index (χ0n) is 5.76. The molecule has 0 aromatic rings. The SMILES string of the molecule is O=C1C=C(O)CC2(CC2)C1. The number of ketones is 1. The largest absolute Gasteiger partial charge is 0.512 e. The van der Waals surface area contributed by atoms with E-state index >= 15 is 0 Å². The third-order valence-corrected chi connectivity index (χ3v) is 2.39. The molecule has 2 heteroatoms. The highest BCUT2D eigenvalue weighted by atomic mass is 16.3. The molecule has 2 aliphatic rings. The summed E-state index contributed by atoms with van der Waals surface area (Å²) in [5.41, 5.74) is 0.204. The van der Waals surface area contributed by atoms with Crippen LogP contribution in [0.15, 0.2) is 11.8 Å². The van der Waals surface area contributed by atoms with E-state index in [1.807, 2.05) is 0 Å². The number of carbonyl (C=O) groups is 1. The summed E-state index contributed by atoms with van der Waals surface area (Å²) in [5.74, 6) is 0.384. The molecule has 54 valence electrons. The van der Waals surface area contributed by atoms with E-state index in [1.165, 1.54) is 6.08 Å². The Labute approximate surface area is 59.5 Å². The number of hydrogen-bond donors (Lipinski definition) is 1. The van der Waals surface area contributed by atoms with Crippen molar-refractivity contribution in [2.24, 2.45) is 5.41 Å². The average Bonchev–Trinajstić information content (AvgIpc) is 2.44. The fraction of sp³-hybridized carbons (Fsp3) is 0.625. The molecule has 2 rings (SSSR count). The molecule has 2 nitrogen and oxygen atoms in total. The second-order valence-electron chi connectivity index (χ2n) is 3.46. The van der Waals surface area contributed by atoms with Crippen LogP contribution in [-0.2, 0) is 4.79 Å². The standard InChI is InChI=1S/C8H10O2/c9-6-3-7(10)5-8(4-6)1-2-8/h3,9H,1-2,4-5H2. The Hall–Kier alpha value is -0.790. The van der Waals surface area contributed by atoms with Crippen LogP contribution in [-0.4, -0.2) is 10.9 Å². The Morgan fingerprint density at radius 3 is 2.60 bits per heavy atom. The Morgan fingerprint density at radius 1 is 1.40 bits per heavy atom. The van der Waals surface area contributed by atoms with Gasteiger partial charge in [0.15, 0.2) is 5.78 Å². The normalized spacial score (nSPS) is 28.4. The molecule has 0 saturated heterocycles. The highest BCUT2D eigenvalue weighted by molar-refractivity contribution is 5.91. The minimum absolute atomic E-state index is 0.0984. The van der Waals surface area contributed by atoms with E-state index < -0.39 is 0 Å². The van der Waals surface area contributed by atoms with E-state index in [0.717, 1.165) is 19.3 Å². The van der Waals surface area contributed by atoms with Crippen molar-refractivity contribution in [1.82, 2.24) is 0 Å². The molecule has 0 aromatic carbocycles. The van der Waals surface area contributed by atoms with Crippen molar-refractivity contribution in [3.05, 3.63) is 11.8 Å². The van der Waals surface area contributed by atoms with Gasteiger partial charge < -0.3 is 5.11 Å². The molecular weight excluding hydrogens is 128 g/mol. The summed E-state index contributed by atoms with van der Waals surface area (Å²) < 4.78 is 0. The molecule has 0 amide bonds. The van der Waals surface area contributed by atoms with Crippen molar-refractivity contribution in [3.8, 4) is 0 Å². The van der Waals surface area contributed by atoms with Gasteiger partial charge >= 0.3 is 0 Å². The van der Waals surface area contributed by atoms with Gasteiger partial charge in [-0.1, -0.05) is 0 Å². The van der Waals surface area contributed by atoms with Crippen LogP contribution in [0, 0.1) is 5.41 Å². The third-order valence-electron chi connectivity index (χ3n) is 2.39. The quantitative estimate of drug-likeness (QED) is 0.551. The summed E-state index contributed by atoms with van der Waals surface area (Å²) in [5, 5.41) is 9.10. The maximum absolute atomic E-state index is 10.9. The van der Waals surface area contributed by atoms with Gasteiger partial charge in [-0.3, -0.25) is 4.79 Å². The molecule has 0 aromatic heterocycles. The van der Waals surface area contributed by atoms with Gasteiger partial charge in [0.2, 0.25) is 0 Å². The van der Waals surface area contributed by atoms with Crippen molar-refractivity contribution in [2.75, 3.05) is 0 Å². The van der Waals surface area contributed by atoms with Crippen LogP contribution in [0.3, 0.4) is 0 Å². The molecule has 1 saturated carbocycles. The molecule has 0 radical (unpaired) electrons. The molecule has 2 aliphatic carbocycles. The first-order valence-electron chi connectivity index (χ1n) is 3.63. The van der Waals surface area contributed by atoms with Crippen LogP contribution in [0.1, 0.15) is 25.7 Å². The lowest BCUT2D eigenvalue weighted by molar-refractivity contribution is -0.116. The molecule has 1 N–H and O–H groups in total. The molecule has 10 heavy (non-hydrogen) atoms. The van der Waals surface area contributed by atoms with Gasteiger partial charge in [-0.2, -0.15) is 0 Å². The zero-order chi connectivity index (χ0) is 7.19. The second kappa shape index (κ2) is 1.62. The Morgan fingerprint density at radius 2 is 2.10 bits per heavy atom. The Balaban J connectivity index is 2.22. The predicted octanol–water partition coefficient (Wildman–Crippen LogP) is 1.57. The van der Waals surface area contributed by atoms with Crippen molar-refractivity contribution in [1.29, 1.82) is 0 Å². The highest BCUT2D eigenvalue weighted by Crippen LogP contribution is 2.54. The van der Waals surface area contributed by atoms with E-state index in [4.69, 9.17) is 5.11 Å². The van der Waals surface area contributed by atoms with Gasteiger partial charge in [-0.05, 0) is 18.3 Å². The third kappa shape index (κ3) is 0.838. The van der Waals surface area contributed by atoms with E-state index in [1.54, 1.807) is 0 Å². The number of hydrogen-bond acceptors (Lipinski definition) is 2. The zero-order valence-corrected chi connectivity index (χ0v) is 5.76. The first kappa shape index (κ1) is 5.96. The molecule has 0 heterocycles. The maximum Gasteiger partial charge on any atom is 0.159 e. The number of allylic oxidation sites excluding steroid dienone is 2. The molecule has 0 bridgehead atoms. The van der Waals surface area contributed by atoms with E-state index in [2.05, 4.69) is 0 Å². The second-order valence-corrected chi connectivity index (χ2v) is 3.46. The van der Waals surface area contributed by atoms with Crippen LogP contribution in [0.2, 0.25) is 0 Å². The first-order valence-corrected chi connectivity index (χ1v) is 3.63. The summed E-state index contributed by atoms with van der Waals surface area (Å²) in [6.07, 6.45) is 5.01. The maximum atomic E-state index is 10.9. The summed E-state index contributed by atoms with van der Waals surface area (Å²) in [6, 6.07) is 0. The number of aliphatic hydroxyl groups is 1. The minimum Gasteiger partial charge on any atom is -0.512 e. The Kier molecular flexibility index (Phi) is 0.967. The minimum atomic E-state index is 0.0984. The highest BCUT2D eigenvalue weighted by Gasteiger charge is 2.46. The number of carbonyl (C=O) groups excluding carboxylic acids is 1.